The molecule has 0 unspecified atom stereocenters. The first kappa shape index (κ1) is 23.8. The lowest BCUT2D eigenvalue weighted by molar-refractivity contribution is -0.142. The van der Waals surface area contributed by atoms with E-state index in [-0.39, 0.29) is 25.7 Å². The van der Waals surface area contributed by atoms with Crippen molar-refractivity contribution in [3.8, 4) is 0 Å². The molecule has 13 heteroatoms. The summed E-state index contributed by atoms with van der Waals surface area (Å²) in [5.74, 6) is -5.62. The Balaban J connectivity index is 4.36. The topological polar surface area (TPSA) is 231 Å². The Morgan fingerprint density at radius 2 is 1.26 bits per heavy atom. The number of carboxylic acid groups (broad SMARTS) is 2. The zero-order valence-electron chi connectivity index (χ0n) is 14.4. The van der Waals surface area contributed by atoms with Gasteiger partial charge in [0.05, 0.1) is 13.1 Å². The quantitative estimate of drug-likeness (QED) is 0.164. The molecular weight excluding hydrogens is 366 g/mol. The van der Waals surface area contributed by atoms with Gasteiger partial charge in [0, 0.05) is 12.8 Å². The van der Waals surface area contributed by atoms with E-state index in [9.17, 15) is 28.8 Å². The summed E-state index contributed by atoms with van der Waals surface area (Å²) in [6, 6.07) is -2.66. The molecule has 2 atom stereocenters. The van der Waals surface area contributed by atoms with E-state index in [0.717, 1.165) is 0 Å². The molecule has 0 aromatic rings. The lowest BCUT2D eigenvalue weighted by atomic mass is 10.1. The molecule has 0 heterocycles. The fraction of sp³-hybridized carbons (Fsp3) is 0.571. The molecule has 0 aromatic heterocycles. The molecule has 0 rings (SSSR count). The van der Waals surface area contributed by atoms with E-state index in [2.05, 4.69) is 16.0 Å². The highest BCUT2D eigenvalue weighted by molar-refractivity contribution is 5.89. The second-order valence-electron chi connectivity index (χ2n) is 5.44. The standard InChI is InChI=1S/C14H23N5O8/c15-5-11(22)18-8(14(26)27)2-4-10(21)17-6-12(23)19-7(13(24)25)1-3-9(16)20/h7-8H,1-6,15H2,(H2,16,20)(H,17,21)(H,18,22)(H,19,23)(H,24,25)(H,26,27)/t7-,8-/m0/s1. The molecule has 0 spiro atoms. The van der Waals surface area contributed by atoms with Crippen LogP contribution >= 0.6 is 0 Å². The van der Waals surface area contributed by atoms with Crippen LogP contribution in [0.4, 0.5) is 0 Å². The molecule has 4 amide bonds. The maximum Gasteiger partial charge on any atom is 0.326 e. The first-order chi connectivity index (χ1) is 12.6. The molecule has 0 saturated carbocycles. The van der Waals surface area contributed by atoms with Crippen molar-refractivity contribution in [3.63, 3.8) is 0 Å². The third kappa shape index (κ3) is 11.1. The lowest BCUT2D eigenvalue weighted by Crippen LogP contribution is -2.46. The molecule has 9 N–H and O–H groups in total. The molecule has 27 heavy (non-hydrogen) atoms. The van der Waals surface area contributed by atoms with Gasteiger partial charge in [-0.1, -0.05) is 0 Å². The summed E-state index contributed by atoms with van der Waals surface area (Å²) in [6.45, 7) is -0.956. The number of carboxylic acids is 2. The van der Waals surface area contributed by atoms with Crippen LogP contribution in [-0.2, 0) is 28.8 Å². The highest BCUT2D eigenvalue weighted by Gasteiger charge is 2.22. The molecule has 0 aliphatic rings. The van der Waals surface area contributed by atoms with Crippen molar-refractivity contribution in [2.75, 3.05) is 13.1 Å². The number of rotatable bonds is 13. The van der Waals surface area contributed by atoms with Crippen molar-refractivity contribution >= 4 is 35.6 Å². The van der Waals surface area contributed by atoms with Crippen molar-refractivity contribution < 1.29 is 39.0 Å². The van der Waals surface area contributed by atoms with Crippen LogP contribution in [0.5, 0.6) is 0 Å². The number of carbonyl (C=O) groups is 6. The number of hydrogen-bond acceptors (Lipinski definition) is 7. The average Bonchev–Trinajstić information content (AvgIpc) is 2.59. The Bertz CT molecular complexity index is 594. The van der Waals surface area contributed by atoms with Crippen LogP contribution in [-0.4, -0.2) is 71.0 Å². The largest absolute Gasteiger partial charge is 0.480 e. The van der Waals surface area contributed by atoms with Gasteiger partial charge in [-0.2, -0.15) is 0 Å². The summed E-state index contributed by atoms with van der Waals surface area (Å²) in [4.78, 5) is 67.1. The minimum atomic E-state index is -1.36. The second-order valence-corrected chi connectivity index (χ2v) is 5.44. The second kappa shape index (κ2) is 12.2. The van der Waals surface area contributed by atoms with Gasteiger partial charge in [-0.15, -0.1) is 0 Å². The van der Waals surface area contributed by atoms with Gasteiger partial charge in [0.1, 0.15) is 12.1 Å². The van der Waals surface area contributed by atoms with Crippen LogP contribution in [0.3, 0.4) is 0 Å². The molecule has 152 valence electrons. The van der Waals surface area contributed by atoms with Gasteiger partial charge in [-0.25, -0.2) is 9.59 Å². The summed E-state index contributed by atoms with van der Waals surface area (Å²) in [5, 5.41) is 24.3. The van der Waals surface area contributed by atoms with Gasteiger partial charge in [0.25, 0.3) is 0 Å². The average molecular weight is 389 g/mol. The van der Waals surface area contributed by atoms with Crippen LogP contribution in [0.15, 0.2) is 0 Å². The van der Waals surface area contributed by atoms with E-state index >= 15 is 0 Å². The summed E-state index contributed by atoms with van der Waals surface area (Å²) in [7, 11) is 0. The van der Waals surface area contributed by atoms with Crippen LogP contribution in [0.1, 0.15) is 25.7 Å². The zero-order chi connectivity index (χ0) is 21.0. The number of primary amides is 1. The van der Waals surface area contributed by atoms with E-state index in [1.807, 2.05) is 0 Å². The molecule has 0 fully saturated rings. The smallest absolute Gasteiger partial charge is 0.326 e. The summed E-state index contributed by atoms with van der Waals surface area (Å²) in [6.07, 6.45) is -0.982. The number of nitrogens with two attached hydrogens (primary N) is 2. The molecule has 0 saturated heterocycles. The van der Waals surface area contributed by atoms with Gasteiger partial charge >= 0.3 is 11.9 Å². The minimum Gasteiger partial charge on any atom is -0.480 e. The summed E-state index contributed by atoms with van der Waals surface area (Å²) < 4.78 is 0. The summed E-state index contributed by atoms with van der Waals surface area (Å²) in [5.41, 5.74) is 9.97. The van der Waals surface area contributed by atoms with Gasteiger partial charge < -0.3 is 37.6 Å². The fourth-order valence-corrected chi connectivity index (χ4v) is 1.84. The molecule has 13 nitrogen and oxygen atoms in total. The van der Waals surface area contributed by atoms with Gasteiger partial charge in [0.2, 0.25) is 23.6 Å². The number of amides is 4. The Hall–Kier alpha value is -3.22. The number of carbonyl (C=O) groups excluding carboxylic acids is 4. The Kier molecular flexibility index (Phi) is 10.7. The summed E-state index contributed by atoms with van der Waals surface area (Å²) >= 11 is 0. The SMILES string of the molecule is NCC(=O)N[C@@H](CCC(=O)NCC(=O)N[C@@H](CCC(N)=O)C(=O)O)C(=O)O. The van der Waals surface area contributed by atoms with Crippen molar-refractivity contribution in [1.29, 1.82) is 0 Å². The molecular formula is C14H23N5O8. The molecule has 0 aromatic carbocycles. The van der Waals surface area contributed by atoms with Gasteiger partial charge in [-0.05, 0) is 12.8 Å². The highest BCUT2D eigenvalue weighted by Crippen LogP contribution is 1.99. The lowest BCUT2D eigenvalue weighted by Gasteiger charge is -2.15. The van der Waals surface area contributed by atoms with Crippen molar-refractivity contribution in [2.24, 2.45) is 11.5 Å². The predicted octanol–water partition coefficient (Wildman–Crippen LogP) is -3.75. The Labute approximate surface area is 153 Å². The molecule has 0 radical (unpaired) electrons. The van der Waals surface area contributed by atoms with Crippen LogP contribution in [0.2, 0.25) is 0 Å². The van der Waals surface area contributed by atoms with E-state index in [4.69, 9.17) is 21.7 Å². The van der Waals surface area contributed by atoms with E-state index in [1.165, 1.54) is 0 Å². The first-order valence-corrected chi connectivity index (χ1v) is 7.86. The van der Waals surface area contributed by atoms with E-state index < -0.39 is 60.7 Å². The normalized spacial score (nSPS) is 12.3. The maximum atomic E-state index is 11.7. The van der Waals surface area contributed by atoms with Crippen molar-refractivity contribution in [1.82, 2.24) is 16.0 Å². The third-order valence-electron chi connectivity index (χ3n) is 3.24. The molecule has 0 bridgehead atoms. The van der Waals surface area contributed by atoms with Crippen LogP contribution in [0, 0.1) is 0 Å². The van der Waals surface area contributed by atoms with Crippen LogP contribution in [0.25, 0.3) is 0 Å². The number of hydrogen-bond donors (Lipinski definition) is 7. The Morgan fingerprint density at radius 3 is 1.70 bits per heavy atom. The predicted molar refractivity (Wildman–Crippen MR) is 88.9 cm³/mol. The fourth-order valence-electron chi connectivity index (χ4n) is 1.84. The van der Waals surface area contributed by atoms with E-state index in [1.54, 1.807) is 0 Å². The third-order valence-corrected chi connectivity index (χ3v) is 3.24. The Morgan fingerprint density at radius 1 is 0.778 bits per heavy atom. The van der Waals surface area contributed by atoms with Crippen LogP contribution < -0.4 is 27.4 Å². The minimum absolute atomic E-state index is 0.203. The van der Waals surface area contributed by atoms with Crippen molar-refractivity contribution in [3.05, 3.63) is 0 Å². The monoisotopic (exact) mass is 389 g/mol. The van der Waals surface area contributed by atoms with Gasteiger partial charge in [-0.3, -0.25) is 19.2 Å². The number of nitrogens with one attached hydrogen (secondary N) is 3. The van der Waals surface area contributed by atoms with Gasteiger partial charge in [0.15, 0.2) is 0 Å². The first-order valence-electron chi connectivity index (χ1n) is 7.86. The zero-order valence-corrected chi connectivity index (χ0v) is 14.4. The van der Waals surface area contributed by atoms with Crippen molar-refractivity contribution in [2.45, 2.75) is 37.8 Å². The highest BCUT2D eigenvalue weighted by atomic mass is 16.4. The molecule has 0 aliphatic heterocycles. The molecule has 0 aliphatic carbocycles. The van der Waals surface area contributed by atoms with E-state index in [0.29, 0.717) is 0 Å². The number of aliphatic carboxylic acids is 2. The maximum absolute atomic E-state index is 11.7.